The number of hydrogen-bond donors (Lipinski definition) is 2. The van der Waals surface area contributed by atoms with E-state index in [2.05, 4.69) is 21.5 Å². The van der Waals surface area contributed by atoms with Crippen molar-refractivity contribution in [2.24, 2.45) is 5.73 Å². The van der Waals surface area contributed by atoms with Gasteiger partial charge in [0, 0.05) is 11.5 Å². The number of halogens is 1. The van der Waals surface area contributed by atoms with Crippen LogP contribution in [0.2, 0.25) is 0 Å². The van der Waals surface area contributed by atoms with Crippen LogP contribution < -0.4 is 11.1 Å². The lowest BCUT2D eigenvalue weighted by Gasteiger charge is -2.11. The van der Waals surface area contributed by atoms with Crippen molar-refractivity contribution in [1.29, 1.82) is 5.26 Å². The third-order valence-corrected chi connectivity index (χ3v) is 5.62. The smallest absolute Gasteiger partial charge is 0.267 e. The first-order chi connectivity index (χ1) is 16.2. The van der Waals surface area contributed by atoms with Crippen molar-refractivity contribution >= 4 is 28.4 Å². The average Bonchev–Trinajstić information content (AvgIpc) is 3.06. The van der Waals surface area contributed by atoms with Crippen LogP contribution in [0.1, 0.15) is 48.9 Å². The first kappa shape index (κ1) is 22.6. The molecule has 0 atom stereocenters. The number of pyridine rings is 1. The maximum atomic E-state index is 14.1. The normalized spacial score (nSPS) is 10.8. The largest absolute Gasteiger partial charge is 0.364 e. The molecule has 2 amide bonds. The van der Waals surface area contributed by atoms with Gasteiger partial charge in [0.15, 0.2) is 0 Å². The third-order valence-electron chi connectivity index (χ3n) is 5.62. The molecule has 8 nitrogen and oxygen atoms in total. The van der Waals surface area contributed by atoms with Crippen LogP contribution in [-0.2, 0) is 6.54 Å². The lowest BCUT2D eigenvalue weighted by Crippen LogP contribution is -2.18. The fraction of sp³-hybridized carbons (Fsp3) is 0.160. The Bertz CT molecular complexity index is 1500. The standard InChI is InChI=1S/C25H21FN6O2/c1-13-8-18-19(9-22(24(28)33)29-21(18)10-20(13)26)25(34)30-23-14(2)31-32(15(23)3)12-17-6-4-16(11-27)5-7-17/h4-10H,12H2,1-3H3,(H2,28,33)(H,30,34). The van der Waals surface area contributed by atoms with Gasteiger partial charge in [-0.1, -0.05) is 12.1 Å². The summed E-state index contributed by atoms with van der Waals surface area (Å²) in [4.78, 5) is 29.1. The van der Waals surface area contributed by atoms with Crippen LogP contribution >= 0.6 is 0 Å². The molecule has 4 rings (SSSR count). The highest BCUT2D eigenvalue weighted by Gasteiger charge is 2.20. The number of hydrogen-bond acceptors (Lipinski definition) is 5. The van der Waals surface area contributed by atoms with Crippen molar-refractivity contribution < 1.29 is 14.0 Å². The number of carbonyl (C=O) groups excluding carboxylic acids is 2. The number of nitriles is 1. The van der Waals surface area contributed by atoms with E-state index in [9.17, 15) is 14.0 Å². The molecule has 2 heterocycles. The molecule has 4 aromatic rings. The molecule has 0 radical (unpaired) electrons. The number of anilines is 1. The second-order valence-electron chi connectivity index (χ2n) is 8.00. The SMILES string of the molecule is Cc1cc2c(C(=O)Nc3c(C)nn(Cc4ccc(C#N)cc4)c3C)cc(C(N)=O)nc2cc1F. The molecule has 9 heteroatoms. The summed E-state index contributed by atoms with van der Waals surface area (Å²) in [5.74, 6) is -1.81. The summed E-state index contributed by atoms with van der Waals surface area (Å²) in [6, 6.07) is 13.3. The Kier molecular flexibility index (Phi) is 5.82. The fourth-order valence-electron chi connectivity index (χ4n) is 3.74. The lowest BCUT2D eigenvalue weighted by molar-refractivity contribution is 0.0996. The predicted octanol–water partition coefficient (Wildman–Crippen LogP) is 3.77. The highest BCUT2D eigenvalue weighted by atomic mass is 19.1. The minimum atomic E-state index is -0.820. The molecule has 34 heavy (non-hydrogen) atoms. The quantitative estimate of drug-likeness (QED) is 0.473. The van der Waals surface area contributed by atoms with Crippen LogP contribution in [0.15, 0.2) is 42.5 Å². The molecule has 0 aliphatic rings. The van der Waals surface area contributed by atoms with Gasteiger partial charge in [-0.15, -0.1) is 0 Å². The molecule has 3 N–H and O–H groups in total. The van der Waals surface area contributed by atoms with E-state index in [0.717, 1.165) is 11.3 Å². The van der Waals surface area contributed by atoms with E-state index in [1.807, 2.05) is 19.1 Å². The molecule has 2 aromatic carbocycles. The molecule has 0 unspecified atom stereocenters. The van der Waals surface area contributed by atoms with E-state index < -0.39 is 17.6 Å². The van der Waals surface area contributed by atoms with Gasteiger partial charge >= 0.3 is 0 Å². The van der Waals surface area contributed by atoms with E-state index in [1.165, 1.54) is 18.2 Å². The minimum absolute atomic E-state index is 0.133. The summed E-state index contributed by atoms with van der Waals surface area (Å²) >= 11 is 0. The molecule has 0 fully saturated rings. The molecule has 0 bridgehead atoms. The summed E-state index contributed by atoms with van der Waals surface area (Å²) < 4.78 is 15.9. The molecule has 2 aromatic heterocycles. The number of benzene rings is 2. The Morgan fingerprint density at radius 3 is 2.50 bits per heavy atom. The van der Waals surface area contributed by atoms with E-state index >= 15 is 0 Å². The Labute approximate surface area is 194 Å². The van der Waals surface area contributed by atoms with Crippen LogP contribution in [0.5, 0.6) is 0 Å². The topological polar surface area (TPSA) is 127 Å². The zero-order valence-electron chi connectivity index (χ0n) is 18.8. The van der Waals surface area contributed by atoms with Crippen LogP contribution in [0.3, 0.4) is 0 Å². The van der Waals surface area contributed by atoms with Crippen molar-refractivity contribution in [2.75, 3.05) is 5.32 Å². The average molecular weight is 456 g/mol. The van der Waals surface area contributed by atoms with E-state index in [1.54, 1.807) is 30.7 Å². The van der Waals surface area contributed by atoms with Crippen LogP contribution in [0, 0.1) is 37.9 Å². The van der Waals surface area contributed by atoms with Gasteiger partial charge in [0.1, 0.15) is 11.5 Å². The predicted molar refractivity (Wildman–Crippen MR) is 125 cm³/mol. The molecule has 0 aliphatic heterocycles. The van der Waals surface area contributed by atoms with Crippen molar-refractivity contribution in [3.8, 4) is 6.07 Å². The van der Waals surface area contributed by atoms with Gasteiger partial charge in [-0.05, 0) is 56.2 Å². The van der Waals surface area contributed by atoms with Gasteiger partial charge in [0.05, 0.1) is 46.3 Å². The number of amides is 2. The summed E-state index contributed by atoms with van der Waals surface area (Å²) in [5.41, 5.74) is 9.29. The summed E-state index contributed by atoms with van der Waals surface area (Å²) in [7, 11) is 0. The highest BCUT2D eigenvalue weighted by Crippen LogP contribution is 2.26. The minimum Gasteiger partial charge on any atom is -0.364 e. The van der Waals surface area contributed by atoms with Crippen molar-refractivity contribution in [3.63, 3.8) is 0 Å². The number of aromatic nitrogens is 3. The number of nitrogens with zero attached hydrogens (tertiary/aromatic N) is 4. The monoisotopic (exact) mass is 456 g/mol. The van der Waals surface area contributed by atoms with Gasteiger partial charge in [-0.25, -0.2) is 9.37 Å². The number of rotatable bonds is 5. The molecule has 170 valence electrons. The summed E-state index contributed by atoms with van der Waals surface area (Å²) in [6.07, 6.45) is 0. The zero-order valence-corrected chi connectivity index (χ0v) is 18.8. The second-order valence-corrected chi connectivity index (χ2v) is 8.00. The molecule has 0 saturated heterocycles. The fourth-order valence-corrected chi connectivity index (χ4v) is 3.74. The Hall–Kier alpha value is -4.58. The number of primary amides is 1. The Balaban J connectivity index is 1.69. The second kappa shape index (κ2) is 8.75. The van der Waals surface area contributed by atoms with E-state index in [0.29, 0.717) is 34.4 Å². The Morgan fingerprint density at radius 2 is 1.85 bits per heavy atom. The highest BCUT2D eigenvalue weighted by molar-refractivity contribution is 6.14. The maximum absolute atomic E-state index is 14.1. The van der Waals surface area contributed by atoms with Gasteiger partial charge < -0.3 is 11.1 Å². The van der Waals surface area contributed by atoms with E-state index in [-0.39, 0.29) is 16.8 Å². The van der Waals surface area contributed by atoms with Gasteiger partial charge in [0.25, 0.3) is 11.8 Å². The van der Waals surface area contributed by atoms with E-state index in [4.69, 9.17) is 11.0 Å². The maximum Gasteiger partial charge on any atom is 0.267 e. The number of carbonyl (C=O) groups is 2. The van der Waals surface area contributed by atoms with Gasteiger partial charge in [-0.3, -0.25) is 14.3 Å². The first-order valence-corrected chi connectivity index (χ1v) is 10.4. The van der Waals surface area contributed by atoms with Crippen LogP contribution in [0.4, 0.5) is 10.1 Å². The number of nitrogens with one attached hydrogen (secondary N) is 1. The Morgan fingerprint density at radius 1 is 1.15 bits per heavy atom. The molecule has 0 aliphatic carbocycles. The summed E-state index contributed by atoms with van der Waals surface area (Å²) in [6.45, 7) is 5.64. The zero-order chi connectivity index (χ0) is 24.6. The number of nitrogens with two attached hydrogens (primary N) is 1. The lowest BCUT2D eigenvalue weighted by atomic mass is 10.0. The number of fused-ring (bicyclic) bond motifs is 1. The van der Waals surface area contributed by atoms with Gasteiger partial charge in [0.2, 0.25) is 0 Å². The van der Waals surface area contributed by atoms with Gasteiger partial charge in [-0.2, -0.15) is 10.4 Å². The first-order valence-electron chi connectivity index (χ1n) is 10.4. The summed E-state index contributed by atoms with van der Waals surface area (Å²) in [5, 5.41) is 16.8. The van der Waals surface area contributed by atoms with Crippen LogP contribution in [0.25, 0.3) is 10.9 Å². The molecule has 0 spiro atoms. The van der Waals surface area contributed by atoms with Crippen molar-refractivity contribution in [3.05, 3.63) is 87.6 Å². The third kappa shape index (κ3) is 4.21. The van der Waals surface area contributed by atoms with Crippen molar-refractivity contribution in [1.82, 2.24) is 14.8 Å². The molecular formula is C25H21FN6O2. The molecular weight excluding hydrogens is 435 g/mol. The molecule has 0 saturated carbocycles. The van der Waals surface area contributed by atoms with Crippen molar-refractivity contribution in [2.45, 2.75) is 27.3 Å². The number of aryl methyl sites for hydroxylation is 2. The van der Waals surface area contributed by atoms with Crippen LogP contribution in [-0.4, -0.2) is 26.6 Å².